The molecule has 96 valence electrons. The van der Waals surface area contributed by atoms with Gasteiger partial charge in [0.25, 0.3) is 10.1 Å². The number of hydrogen-bond acceptors (Lipinski definition) is 5. The molecule has 1 rings (SSSR count). The molecule has 0 aliphatic carbocycles. The van der Waals surface area contributed by atoms with Gasteiger partial charge in [-0.15, -0.1) is 0 Å². The summed E-state index contributed by atoms with van der Waals surface area (Å²) in [6.45, 7) is -0.338. The Kier molecular flexibility index (Phi) is 4.63. The van der Waals surface area contributed by atoms with Crippen molar-refractivity contribution >= 4 is 20.1 Å². The molecule has 0 atom stereocenters. The first-order valence-corrected chi connectivity index (χ1v) is 8.00. The molecule has 1 N–H and O–H groups in total. The monoisotopic (exact) mass is 279 g/mol. The molecular formula is C9H13NO5S2. The highest BCUT2D eigenvalue weighted by Crippen LogP contribution is 2.06. The minimum Gasteiger partial charge on any atom is -0.269 e. The van der Waals surface area contributed by atoms with Crippen molar-refractivity contribution in [3.8, 4) is 0 Å². The van der Waals surface area contributed by atoms with E-state index in [0.29, 0.717) is 0 Å². The van der Waals surface area contributed by atoms with E-state index >= 15 is 0 Å². The third-order valence-electron chi connectivity index (χ3n) is 1.75. The average molecular weight is 279 g/mol. The highest BCUT2D eigenvalue weighted by Gasteiger charge is 2.12. The Labute approximate surface area is 101 Å². The Morgan fingerprint density at radius 1 is 1.12 bits per heavy atom. The predicted molar refractivity (Wildman–Crippen MR) is 62.4 cm³/mol. The molecule has 17 heavy (non-hydrogen) atoms. The van der Waals surface area contributed by atoms with Crippen molar-refractivity contribution < 1.29 is 21.0 Å². The van der Waals surface area contributed by atoms with E-state index in [1.165, 1.54) is 12.1 Å². The van der Waals surface area contributed by atoms with E-state index in [0.717, 1.165) is 6.26 Å². The number of hydrogen-bond donors (Lipinski definition) is 1. The Morgan fingerprint density at radius 3 is 2.24 bits per heavy atom. The summed E-state index contributed by atoms with van der Waals surface area (Å²) in [7, 11) is -7.14. The molecule has 0 bridgehead atoms. The molecule has 0 aliphatic heterocycles. The predicted octanol–water partition coefficient (Wildman–Crippen LogP) is -0.0589. The SMILES string of the molecule is CS(=O)(=O)OCCNS(=O)(=O)c1ccccc1. The van der Waals surface area contributed by atoms with Gasteiger partial charge < -0.3 is 0 Å². The Hall–Kier alpha value is -0.960. The largest absolute Gasteiger partial charge is 0.269 e. The van der Waals surface area contributed by atoms with Crippen LogP contribution in [0, 0.1) is 0 Å². The van der Waals surface area contributed by atoms with Gasteiger partial charge in [-0.1, -0.05) is 18.2 Å². The summed E-state index contributed by atoms with van der Waals surface area (Å²) >= 11 is 0. The topological polar surface area (TPSA) is 89.5 Å². The van der Waals surface area contributed by atoms with Gasteiger partial charge in [0.2, 0.25) is 10.0 Å². The normalized spacial score (nSPS) is 12.5. The van der Waals surface area contributed by atoms with Crippen molar-refractivity contribution in [2.75, 3.05) is 19.4 Å². The maximum absolute atomic E-state index is 11.6. The molecule has 0 fully saturated rings. The quantitative estimate of drug-likeness (QED) is 0.582. The van der Waals surface area contributed by atoms with Gasteiger partial charge in [0.15, 0.2) is 0 Å². The summed E-state index contributed by atoms with van der Waals surface area (Å²) in [5.41, 5.74) is 0. The van der Waals surface area contributed by atoms with Crippen LogP contribution >= 0.6 is 0 Å². The van der Waals surface area contributed by atoms with Gasteiger partial charge in [-0.3, -0.25) is 4.18 Å². The summed E-state index contributed by atoms with van der Waals surface area (Å²) in [6.07, 6.45) is 0.901. The summed E-state index contributed by atoms with van der Waals surface area (Å²) in [5.74, 6) is 0. The minimum absolute atomic E-state index is 0.107. The van der Waals surface area contributed by atoms with Crippen LogP contribution in [0.1, 0.15) is 0 Å². The summed E-state index contributed by atoms with van der Waals surface area (Å²) in [6, 6.07) is 7.79. The van der Waals surface area contributed by atoms with Gasteiger partial charge in [-0.25, -0.2) is 13.1 Å². The Bertz CT molecular complexity index is 550. The van der Waals surface area contributed by atoms with E-state index in [1.54, 1.807) is 18.2 Å². The van der Waals surface area contributed by atoms with Gasteiger partial charge in [-0.05, 0) is 12.1 Å². The zero-order valence-electron chi connectivity index (χ0n) is 9.16. The lowest BCUT2D eigenvalue weighted by Crippen LogP contribution is -2.28. The fourth-order valence-electron chi connectivity index (χ4n) is 1.05. The van der Waals surface area contributed by atoms with E-state index in [4.69, 9.17) is 0 Å². The molecule has 0 aromatic heterocycles. The van der Waals surface area contributed by atoms with Crippen molar-refractivity contribution in [3.05, 3.63) is 30.3 Å². The molecule has 1 aromatic carbocycles. The second-order valence-corrected chi connectivity index (χ2v) is 6.65. The lowest BCUT2D eigenvalue weighted by molar-refractivity contribution is 0.326. The van der Waals surface area contributed by atoms with Gasteiger partial charge in [-0.2, -0.15) is 8.42 Å². The van der Waals surface area contributed by atoms with Crippen molar-refractivity contribution in [1.29, 1.82) is 0 Å². The Morgan fingerprint density at radius 2 is 1.71 bits per heavy atom. The summed E-state index contributed by atoms with van der Waals surface area (Å²) in [5, 5.41) is 0. The van der Waals surface area contributed by atoms with Crippen molar-refractivity contribution in [2.45, 2.75) is 4.90 Å². The second-order valence-electron chi connectivity index (χ2n) is 3.24. The molecule has 8 heteroatoms. The Balaban J connectivity index is 2.53. The standard InChI is InChI=1S/C9H13NO5S2/c1-16(11,12)15-8-7-10-17(13,14)9-5-3-2-4-6-9/h2-6,10H,7-8H2,1H3. The number of sulfonamides is 1. The summed E-state index contributed by atoms with van der Waals surface area (Å²) < 4.78 is 51.2. The number of benzene rings is 1. The van der Waals surface area contributed by atoms with Crippen LogP contribution in [-0.4, -0.2) is 36.2 Å². The first kappa shape index (κ1) is 14.1. The molecule has 0 radical (unpaired) electrons. The molecule has 0 aliphatic rings. The zero-order valence-corrected chi connectivity index (χ0v) is 10.8. The molecule has 6 nitrogen and oxygen atoms in total. The van der Waals surface area contributed by atoms with Gasteiger partial charge in [0.1, 0.15) is 0 Å². The van der Waals surface area contributed by atoms with Crippen LogP contribution < -0.4 is 4.72 Å². The maximum atomic E-state index is 11.6. The van der Waals surface area contributed by atoms with Crippen LogP contribution in [0.4, 0.5) is 0 Å². The highest BCUT2D eigenvalue weighted by molar-refractivity contribution is 7.89. The first-order valence-electron chi connectivity index (χ1n) is 4.70. The molecule has 0 spiro atoms. The lowest BCUT2D eigenvalue weighted by atomic mass is 10.4. The molecule has 0 saturated heterocycles. The van der Waals surface area contributed by atoms with Gasteiger partial charge in [0, 0.05) is 6.54 Å². The number of nitrogens with one attached hydrogen (secondary N) is 1. The van der Waals surface area contributed by atoms with Crippen LogP contribution in [0.3, 0.4) is 0 Å². The molecule has 0 heterocycles. The van der Waals surface area contributed by atoms with Crippen molar-refractivity contribution in [2.24, 2.45) is 0 Å². The molecule has 0 unspecified atom stereocenters. The molecule has 0 amide bonds. The lowest BCUT2D eigenvalue weighted by Gasteiger charge is -2.06. The van der Waals surface area contributed by atoms with Crippen LogP contribution in [-0.2, 0) is 24.3 Å². The van der Waals surface area contributed by atoms with Crippen LogP contribution in [0.5, 0.6) is 0 Å². The maximum Gasteiger partial charge on any atom is 0.264 e. The molecular weight excluding hydrogens is 266 g/mol. The molecule has 1 aromatic rings. The van der Waals surface area contributed by atoms with Crippen molar-refractivity contribution in [1.82, 2.24) is 4.72 Å². The fraction of sp³-hybridized carbons (Fsp3) is 0.333. The van der Waals surface area contributed by atoms with Crippen LogP contribution in [0.2, 0.25) is 0 Å². The first-order chi connectivity index (χ1) is 7.81. The van der Waals surface area contributed by atoms with Crippen LogP contribution in [0.25, 0.3) is 0 Å². The summed E-state index contributed by atoms with van der Waals surface area (Å²) in [4.78, 5) is 0.124. The fourth-order valence-corrected chi connectivity index (χ4v) is 2.47. The third-order valence-corrected chi connectivity index (χ3v) is 3.82. The smallest absolute Gasteiger partial charge is 0.264 e. The average Bonchev–Trinajstić information content (AvgIpc) is 2.25. The van der Waals surface area contributed by atoms with Gasteiger partial charge >= 0.3 is 0 Å². The van der Waals surface area contributed by atoms with E-state index in [2.05, 4.69) is 8.91 Å². The minimum atomic E-state index is -3.60. The van der Waals surface area contributed by atoms with E-state index < -0.39 is 20.1 Å². The van der Waals surface area contributed by atoms with E-state index in [-0.39, 0.29) is 18.0 Å². The van der Waals surface area contributed by atoms with Gasteiger partial charge in [0.05, 0.1) is 17.8 Å². The van der Waals surface area contributed by atoms with Crippen LogP contribution in [0.15, 0.2) is 35.2 Å². The van der Waals surface area contributed by atoms with E-state index in [1.807, 2.05) is 0 Å². The van der Waals surface area contributed by atoms with E-state index in [9.17, 15) is 16.8 Å². The molecule has 0 saturated carbocycles. The second kappa shape index (κ2) is 5.58. The third kappa shape index (κ3) is 5.26. The highest BCUT2D eigenvalue weighted by atomic mass is 32.2. The zero-order chi connectivity index (χ0) is 12.9. The van der Waals surface area contributed by atoms with Crippen molar-refractivity contribution in [3.63, 3.8) is 0 Å². The number of rotatable bonds is 6.